The van der Waals surface area contributed by atoms with Crippen molar-refractivity contribution in [3.05, 3.63) is 33.9 Å². The Labute approximate surface area is 98.5 Å². The van der Waals surface area contributed by atoms with Gasteiger partial charge in [-0.15, -0.1) is 0 Å². The van der Waals surface area contributed by atoms with Gasteiger partial charge in [-0.2, -0.15) is 0 Å². The SMILES string of the molecule is COc1ccc(C2(C(C)=O)CC2)c([N+](=O)[O-])c1. The summed E-state index contributed by atoms with van der Waals surface area (Å²) >= 11 is 0. The van der Waals surface area contributed by atoms with Crippen molar-refractivity contribution < 1.29 is 14.5 Å². The molecule has 2 rings (SSSR count). The summed E-state index contributed by atoms with van der Waals surface area (Å²) in [7, 11) is 1.45. The number of carbonyl (C=O) groups excluding carboxylic acids is 1. The molecule has 0 spiro atoms. The number of hydrogen-bond donors (Lipinski definition) is 0. The van der Waals surface area contributed by atoms with Crippen LogP contribution in [0.25, 0.3) is 0 Å². The first kappa shape index (κ1) is 11.6. The molecule has 1 saturated carbocycles. The van der Waals surface area contributed by atoms with E-state index in [1.807, 2.05) is 0 Å². The van der Waals surface area contributed by atoms with E-state index in [9.17, 15) is 14.9 Å². The number of carbonyl (C=O) groups is 1. The number of ether oxygens (including phenoxy) is 1. The predicted molar refractivity (Wildman–Crippen MR) is 61.2 cm³/mol. The minimum atomic E-state index is -0.630. The molecular weight excluding hydrogens is 222 g/mol. The molecule has 1 fully saturated rings. The second-order valence-electron chi connectivity index (χ2n) is 4.28. The van der Waals surface area contributed by atoms with Crippen LogP contribution >= 0.6 is 0 Å². The number of hydrogen-bond acceptors (Lipinski definition) is 4. The summed E-state index contributed by atoms with van der Waals surface area (Å²) in [5.41, 5.74) is -0.151. The average molecular weight is 235 g/mol. The van der Waals surface area contributed by atoms with Crippen molar-refractivity contribution in [3.8, 4) is 5.75 Å². The highest BCUT2D eigenvalue weighted by molar-refractivity contribution is 5.92. The van der Waals surface area contributed by atoms with E-state index < -0.39 is 10.3 Å². The molecule has 0 N–H and O–H groups in total. The van der Waals surface area contributed by atoms with E-state index in [0.29, 0.717) is 24.2 Å². The molecule has 1 aromatic carbocycles. The van der Waals surface area contributed by atoms with Crippen LogP contribution in [0.4, 0.5) is 5.69 Å². The minimum absolute atomic E-state index is 0.00855. The number of ketones is 1. The summed E-state index contributed by atoms with van der Waals surface area (Å²) in [6, 6.07) is 4.66. The molecule has 0 aliphatic heterocycles. The molecule has 5 heteroatoms. The topological polar surface area (TPSA) is 69.4 Å². The van der Waals surface area contributed by atoms with Crippen LogP contribution in [0.3, 0.4) is 0 Å². The Bertz CT molecular complexity index is 491. The molecule has 0 saturated heterocycles. The Morgan fingerprint density at radius 2 is 2.12 bits per heavy atom. The molecule has 1 aliphatic rings. The van der Waals surface area contributed by atoms with E-state index in [1.54, 1.807) is 12.1 Å². The number of benzene rings is 1. The number of nitro groups is 1. The smallest absolute Gasteiger partial charge is 0.277 e. The summed E-state index contributed by atoms with van der Waals surface area (Å²) in [6.07, 6.45) is 1.38. The normalized spacial score (nSPS) is 16.4. The molecule has 0 atom stereocenters. The Morgan fingerprint density at radius 3 is 2.53 bits per heavy atom. The first-order valence-electron chi connectivity index (χ1n) is 5.35. The van der Waals surface area contributed by atoms with Crippen molar-refractivity contribution in [2.75, 3.05) is 7.11 Å². The first-order valence-corrected chi connectivity index (χ1v) is 5.35. The summed E-state index contributed by atoms with van der Waals surface area (Å²) in [4.78, 5) is 22.2. The number of nitrogens with zero attached hydrogens (tertiary/aromatic N) is 1. The predicted octanol–water partition coefficient (Wildman–Crippen LogP) is 2.22. The number of methoxy groups -OCH3 is 1. The Balaban J connectivity index is 2.54. The fraction of sp³-hybridized carbons (Fsp3) is 0.417. The lowest BCUT2D eigenvalue weighted by Gasteiger charge is -2.12. The molecule has 17 heavy (non-hydrogen) atoms. The summed E-state index contributed by atoms with van der Waals surface area (Å²) in [6.45, 7) is 1.49. The van der Waals surface area contributed by atoms with Crippen LogP contribution in [0, 0.1) is 10.1 Å². The largest absolute Gasteiger partial charge is 0.497 e. The van der Waals surface area contributed by atoms with Crippen molar-refractivity contribution in [3.63, 3.8) is 0 Å². The molecule has 5 nitrogen and oxygen atoms in total. The molecule has 0 unspecified atom stereocenters. The molecule has 1 aromatic rings. The van der Waals surface area contributed by atoms with Gasteiger partial charge in [-0.05, 0) is 31.9 Å². The third-order valence-corrected chi connectivity index (χ3v) is 3.34. The number of nitro benzene ring substituents is 1. The van der Waals surface area contributed by atoms with E-state index in [1.165, 1.54) is 20.1 Å². The minimum Gasteiger partial charge on any atom is -0.497 e. The molecule has 0 heterocycles. The third kappa shape index (κ3) is 1.77. The van der Waals surface area contributed by atoms with Gasteiger partial charge in [0.25, 0.3) is 5.69 Å². The van der Waals surface area contributed by atoms with Gasteiger partial charge in [-0.1, -0.05) is 0 Å². The van der Waals surface area contributed by atoms with Crippen molar-refractivity contribution in [2.45, 2.75) is 25.2 Å². The van der Waals surface area contributed by atoms with Gasteiger partial charge in [0.2, 0.25) is 0 Å². The molecular formula is C12H13NO4. The second kappa shape index (κ2) is 3.84. The highest BCUT2D eigenvalue weighted by atomic mass is 16.6. The van der Waals surface area contributed by atoms with Crippen LogP contribution in [0.1, 0.15) is 25.3 Å². The molecule has 1 aliphatic carbocycles. The van der Waals surface area contributed by atoms with Crippen LogP contribution in [0.5, 0.6) is 5.75 Å². The standard InChI is InChI=1S/C12H13NO4/c1-8(14)12(5-6-12)10-4-3-9(17-2)7-11(10)13(15)16/h3-4,7H,5-6H2,1-2H3. The Hall–Kier alpha value is -1.91. The fourth-order valence-corrected chi connectivity index (χ4v) is 2.13. The zero-order chi connectivity index (χ0) is 12.6. The lowest BCUT2D eigenvalue weighted by atomic mass is 9.90. The van der Waals surface area contributed by atoms with Crippen LogP contribution in [-0.2, 0) is 10.2 Å². The van der Waals surface area contributed by atoms with Crippen molar-refractivity contribution in [2.24, 2.45) is 0 Å². The maximum atomic E-state index is 11.6. The molecule has 0 bridgehead atoms. The second-order valence-corrected chi connectivity index (χ2v) is 4.28. The maximum Gasteiger partial charge on any atom is 0.277 e. The summed E-state index contributed by atoms with van der Waals surface area (Å²) in [5.74, 6) is 0.422. The van der Waals surface area contributed by atoms with Crippen LogP contribution in [0.2, 0.25) is 0 Å². The van der Waals surface area contributed by atoms with Crippen molar-refractivity contribution in [1.29, 1.82) is 0 Å². The molecule has 0 radical (unpaired) electrons. The average Bonchev–Trinajstić information content (AvgIpc) is 3.09. The van der Waals surface area contributed by atoms with Crippen LogP contribution < -0.4 is 4.74 Å². The van der Waals surface area contributed by atoms with Gasteiger partial charge in [0, 0.05) is 5.56 Å². The van der Waals surface area contributed by atoms with Crippen LogP contribution in [-0.4, -0.2) is 17.8 Å². The highest BCUT2D eigenvalue weighted by Crippen LogP contribution is 2.52. The number of rotatable bonds is 4. The van der Waals surface area contributed by atoms with E-state index >= 15 is 0 Å². The fourth-order valence-electron chi connectivity index (χ4n) is 2.13. The molecule has 0 amide bonds. The maximum absolute atomic E-state index is 11.6. The van der Waals surface area contributed by atoms with E-state index in [2.05, 4.69) is 0 Å². The van der Waals surface area contributed by atoms with Gasteiger partial charge in [-0.3, -0.25) is 14.9 Å². The third-order valence-electron chi connectivity index (χ3n) is 3.34. The van der Waals surface area contributed by atoms with Gasteiger partial charge in [-0.25, -0.2) is 0 Å². The number of Topliss-reactive ketones (excluding diaryl/α,β-unsaturated/α-hetero) is 1. The first-order chi connectivity index (χ1) is 8.01. The van der Waals surface area contributed by atoms with Crippen molar-refractivity contribution >= 4 is 11.5 Å². The van der Waals surface area contributed by atoms with Gasteiger partial charge >= 0.3 is 0 Å². The molecule has 90 valence electrons. The monoisotopic (exact) mass is 235 g/mol. The van der Waals surface area contributed by atoms with Crippen molar-refractivity contribution in [1.82, 2.24) is 0 Å². The lowest BCUT2D eigenvalue weighted by molar-refractivity contribution is -0.385. The Morgan fingerprint density at radius 1 is 1.47 bits per heavy atom. The van der Waals surface area contributed by atoms with E-state index in [4.69, 9.17) is 4.74 Å². The van der Waals surface area contributed by atoms with E-state index in [0.717, 1.165) is 0 Å². The summed E-state index contributed by atoms with van der Waals surface area (Å²) < 4.78 is 4.96. The van der Waals surface area contributed by atoms with Gasteiger partial charge in [0.15, 0.2) is 0 Å². The molecule has 0 aromatic heterocycles. The zero-order valence-corrected chi connectivity index (χ0v) is 9.73. The highest BCUT2D eigenvalue weighted by Gasteiger charge is 2.52. The van der Waals surface area contributed by atoms with Gasteiger partial charge in [0.1, 0.15) is 11.5 Å². The zero-order valence-electron chi connectivity index (χ0n) is 9.73. The van der Waals surface area contributed by atoms with Gasteiger partial charge in [0.05, 0.1) is 23.5 Å². The lowest BCUT2D eigenvalue weighted by Crippen LogP contribution is -2.18. The van der Waals surface area contributed by atoms with Crippen LogP contribution in [0.15, 0.2) is 18.2 Å². The summed E-state index contributed by atoms with van der Waals surface area (Å²) in [5, 5.41) is 11.0. The van der Waals surface area contributed by atoms with Gasteiger partial charge < -0.3 is 4.74 Å². The quantitative estimate of drug-likeness (QED) is 0.592. The Kier molecular flexibility index (Phi) is 2.61. The van der Waals surface area contributed by atoms with E-state index in [-0.39, 0.29) is 11.5 Å².